The maximum atomic E-state index is 12.6. The van der Waals surface area contributed by atoms with Crippen LogP contribution in [0.1, 0.15) is 15.9 Å². The summed E-state index contributed by atoms with van der Waals surface area (Å²) in [6.45, 7) is 0. The first-order valence-electron chi connectivity index (χ1n) is 7.83. The molecule has 0 bridgehead atoms. The van der Waals surface area contributed by atoms with Gasteiger partial charge in [0.25, 0.3) is 5.91 Å². The summed E-state index contributed by atoms with van der Waals surface area (Å²) in [6, 6.07) is 21.0. The second kappa shape index (κ2) is 8.35. The number of ether oxygens (including phenoxy) is 1. The minimum atomic E-state index is -0.183. The van der Waals surface area contributed by atoms with E-state index in [2.05, 4.69) is 22.4 Å². The fraction of sp³-hybridized carbons (Fsp3) is 0.100. The molecule has 0 unspecified atom stereocenters. The molecule has 1 aromatic heterocycles. The van der Waals surface area contributed by atoms with Crippen LogP contribution in [0.5, 0.6) is 5.75 Å². The van der Waals surface area contributed by atoms with Crippen molar-refractivity contribution in [3.63, 3.8) is 0 Å². The molecule has 0 radical (unpaired) electrons. The van der Waals surface area contributed by atoms with Crippen LogP contribution in [0.15, 0.2) is 78.0 Å². The third-order valence-corrected chi connectivity index (χ3v) is 4.64. The van der Waals surface area contributed by atoms with Gasteiger partial charge in [-0.2, -0.15) is 0 Å². The summed E-state index contributed by atoms with van der Waals surface area (Å²) in [5, 5.41) is 3.61. The van der Waals surface area contributed by atoms with Crippen LogP contribution in [0, 0.1) is 0 Å². The molecule has 0 atom stereocenters. The van der Waals surface area contributed by atoms with Gasteiger partial charge in [-0.25, -0.2) is 4.98 Å². The van der Waals surface area contributed by atoms with Crippen molar-refractivity contribution < 1.29 is 9.53 Å². The average Bonchev–Trinajstić information content (AvgIpc) is 2.67. The Morgan fingerprint density at radius 3 is 2.72 bits per heavy atom. The van der Waals surface area contributed by atoms with Crippen LogP contribution in [0.25, 0.3) is 0 Å². The van der Waals surface area contributed by atoms with Gasteiger partial charge in [-0.1, -0.05) is 36.4 Å². The maximum absolute atomic E-state index is 12.6. The lowest BCUT2D eigenvalue weighted by molar-refractivity contribution is 0.102. The van der Waals surface area contributed by atoms with Gasteiger partial charge in [-0.05, 0) is 29.8 Å². The Hall–Kier alpha value is -2.79. The van der Waals surface area contributed by atoms with Gasteiger partial charge in [-0.15, -0.1) is 11.8 Å². The summed E-state index contributed by atoms with van der Waals surface area (Å²) in [5.74, 6) is 1.27. The van der Waals surface area contributed by atoms with Crippen LogP contribution in [-0.4, -0.2) is 18.0 Å². The van der Waals surface area contributed by atoms with E-state index in [-0.39, 0.29) is 5.91 Å². The molecule has 1 N–H and O–H groups in total. The molecule has 4 nitrogen and oxygen atoms in total. The van der Waals surface area contributed by atoms with Crippen molar-refractivity contribution in [1.29, 1.82) is 0 Å². The topological polar surface area (TPSA) is 51.2 Å². The first-order valence-corrected chi connectivity index (χ1v) is 8.82. The number of methoxy groups -OCH3 is 1. The zero-order valence-corrected chi connectivity index (χ0v) is 14.6. The fourth-order valence-corrected chi connectivity index (χ4v) is 3.25. The molecule has 0 aliphatic heterocycles. The lowest BCUT2D eigenvalue weighted by Crippen LogP contribution is -2.13. The molecule has 25 heavy (non-hydrogen) atoms. The van der Waals surface area contributed by atoms with E-state index in [0.717, 1.165) is 5.75 Å². The van der Waals surface area contributed by atoms with Gasteiger partial charge in [0, 0.05) is 23.7 Å². The predicted octanol–water partition coefficient (Wildman–Crippen LogP) is 4.63. The number of aromatic nitrogens is 1. The number of rotatable bonds is 6. The lowest BCUT2D eigenvalue weighted by Gasteiger charge is -2.10. The molecule has 0 saturated carbocycles. The minimum absolute atomic E-state index is 0.183. The van der Waals surface area contributed by atoms with Gasteiger partial charge >= 0.3 is 0 Å². The fourth-order valence-electron chi connectivity index (χ4n) is 2.30. The van der Waals surface area contributed by atoms with Gasteiger partial charge in [0.1, 0.15) is 10.8 Å². The van der Waals surface area contributed by atoms with Gasteiger partial charge in [-0.3, -0.25) is 4.79 Å². The van der Waals surface area contributed by atoms with E-state index in [4.69, 9.17) is 4.74 Å². The number of pyridine rings is 1. The first-order chi connectivity index (χ1) is 12.3. The third-order valence-electron chi connectivity index (χ3n) is 3.56. The number of thioether (sulfide) groups is 1. The smallest absolute Gasteiger partial charge is 0.258 e. The van der Waals surface area contributed by atoms with E-state index < -0.39 is 0 Å². The Kier molecular flexibility index (Phi) is 5.69. The maximum Gasteiger partial charge on any atom is 0.258 e. The Balaban J connectivity index is 1.74. The average molecular weight is 350 g/mol. The molecule has 0 spiro atoms. The van der Waals surface area contributed by atoms with Crippen molar-refractivity contribution in [1.82, 2.24) is 4.98 Å². The first kappa shape index (κ1) is 17.0. The SMILES string of the molecule is COc1cccc(NC(=O)c2cccnc2SCc2ccccc2)c1. The summed E-state index contributed by atoms with van der Waals surface area (Å²) in [7, 11) is 1.60. The minimum Gasteiger partial charge on any atom is -0.497 e. The molecule has 0 aliphatic carbocycles. The molecule has 3 rings (SSSR count). The standard InChI is InChI=1S/C20H18N2O2S/c1-24-17-10-5-9-16(13-17)22-19(23)18-11-6-12-21-20(18)25-14-15-7-3-2-4-8-15/h2-13H,14H2,1H3,(H,22,23). The molecule has 126 valence electrons. The van der Waals surface area contributed by atoms with Crippen molar-refractivity contribution in [2.24, 2.45) is 0 Å². The number of carbonyl (C=O) groups is 1. The van der Waals surface area contributed by atoms with Crippen LogP contribution < -0.4 is 10.1 Å². The van der Waals surface area contributed by atoms with E-state index in [1.807, 2.05) is 36.4 Å². The zero-order chi connectivity index (χ0) is 17.5. The highest BCUT2D eigenvalue weighted by Gasteiger charge is 2.13. The highest BCUT2D eigenvalue weighted by atomic mass is 32.2. The monoisotopic (exact) mass is 350 g/mol. The Bertz CT molecular complexity index is 853. The molecule has 0 fully saturated rings. The summed E-state index contributed by atoms with van der Waals surface area (Å²) in [5.41, 5.74) is 2.44. The van der Waals surface area contributed by atoms with Gasteiger partial charge in [0.2, 0.25) is 0 Å². The molecule has 5 heteroatoms. The largest absolute Gasteiger partial charge is 0.497 e. The number of hydrogen-bond donors (Lipinski definition) is 1. The van der Waals surface area contributed by atoms with E-state index in [0.29, 0.717) is 22.0 Å². The van der Waals surface area contributed by atoms with Crippen LogP contribution >= 0.6 is 11.8 Å². The van der Waals surface area contributed by atoms with Crippen molar-refractivity contribution in [2.75, 3.05) is 12.4 Å². The van der Waals surface area contributed by atoms with Gasteiger partial charge < -0.3 is 10.1 Å². The molecule has 0 aliphatic rings. The number of benzene rings is 2. The van der Waals surface area contributed by atoms with Crippen LogP contribution in [-0.2, 0) is 5.75 Å². The number of nitrogens with zero attached hydrogens (tertiary/aromatic N) is 1. The quantitative estimate of drug-likeness (QED) is 0.658. The normalized spacial score (nSPS) is 10.3. The lowest BCUT2D eigenvalue weighted by atomic mass is 10.2. The second-order valence-corrected chi connectivity index (χ2v) is 6.28. The number of hydrogen-bond acceptors (Lipinski definition) is 4. The Morgan fingerprint density at radius 2 is 1.92 bits per heavy atom. The molecular weight excluding hydrogens is 332 g/mol. The van der Waals surface area contributed by atoms with E-state index in [1.54, 1.807) is 43.3 Å². The third kappa shape index (κ3) is 4.61. The van der Waals surface area contributed by atoms with Crippen molar-refractivity contribution in [3.05, 3.63) is 84.1 Å². The van der Waals surface area contributed by atoms with E-state index in [9.17, 15) is 4.79 Å². The number of anilines is 1. The number of nitrogens with one attached hydrogen (secondary N) is 1. The van der Waals surface area contributed by atoms with Gasteiger partial charge in [0.05, 0.1) is 12.7 Å². The molecule has 0 saturated heterocycles. The van der Waals surface area contributed by atoms with Crippen molar-refractivity contribution in [2.45, 2.75) is 10.8 Å². The molecule has 3 aromatic rings. The van der Waals surface area contributed by atoms with Crippen LogP contribution in [0.3, 0.4) is 0 Å². The summed E-state index contributed by atoms with van der Waals surface area (Å²) < 4.78 is 5.19. The number of amides is 1. The molecule has 2 aromatic carbocycles. The van der Waals surface area contributed by atoms with E-state index >= 15 is 0 Å². The second-order valence-electron chi connectivity index (χ2n) is 5.32. The summed E-state index contributed by atoms with van der Waals surface area (Å²) >= 11 is 1.55. The summed E-state index contributed by atoms with van der Waals surface area (Å²) in [4.78, 5) is 17.0. The van der Waals surface area contributed by atoms with Crippen molar-refractivity contribution in [3.8, 4) is 5.75 Å². The molecule has 1 amide bonds. The zero-order valence-electron chi connectivity index (χ0n) is 13.8. The highest BCUT2D eigenvalue weighted by Crippen LogP contribution is 2.25. The number of carbonyl (C=O) groups excluding carboxylic acids is 1. The highest BCUT2D eigenvalue weighted by molar-refractivity contribution is 7.98. The van der Waals surface area contributed by atoms with Crippen LogP contribution in [0.2, 0.25) is 0 Å². The summed E-state index contributed by atoms with van der Waals surface area (Å²) in [6.07, 6.45) is 1.70. The van der Waals surface area contributed by atoms with Gasteiger partial charge in [0.15, 0.2) is 0 Å². The van der Waals surface area contributed by atoms with Crippen molar-refractivity contribution >= 4 is 23.4 Å². The Labute approximate surface area is 151 Å². The predicted molar refractivity (Wildman–Crippen MR) is 101 cm³/mol. The van der Waals surface area contributed by atoms with Crippen LogP contribution in [0.4, 0.5) is 5.69 Å². The molecular formula is C20H18N2O2S. The molecule has 1 heterocycles. The van der Waals surface area contributed by atoms with E-state index in [1.165, 1.54) is 5.56 Å². The Morgan fingerprint density at radius 1 is 1.08 bits per heavy atom.